The van der Waals surface area contributed by atoms with Gasteiger partial charge in [-0.15, -0.1) is 0 Å². The van der Waals surface area contributed by atoms with Crippen LogP contribution in [0.25, 0.3) is 0 Å². The Morgan fingerprint density at radius 1 is 1.00 bits per heavy atom. The molecule has 0 aliphatic heterocycles. The zero-order valence-corrected chi connectivity index (χ0v) is 10.3. The monoisotopic (exact) mass is 289 g/mol. The molecule has 20 heavy (non-hydrogen) atoms. The van der Waals surface area contributed by atoms with Gasteiger partial charge in [-0.1, -0.05) is 11.6 Å². The summed E-state index contributed by atoms with van der Waals surface area (Å²) in [4.78, 5) is -2.56. The fourth-order valence-electron chi connectivity index (χ4n) is 1.85. The molecule has 0 saturated carbocycles. The van der Waals surface area contributed by atoms with Crippen molar-refractivity contribution in [3.8, 4) is 30.3 Å². The lowest BCUT2D eigenvalue weighted by molar-refractivity contribution is 0.178. The van der Waals surface area contributed by atoms with Crippen LogP contribution in [0.3, 0.4) is 0 Å². The van der Waals surface area contributed by atoms with Gasteiger partial charge in [-0.3, -0.25) is 0 Å². The molecule has 5 nitrogen and oxygen atoms in total. The van der Waals surface area contributed by atoms with E-state index in [0.717, 1.165) is 0 Å². The van der Waals surface area contributed by atoms with Gasteiger partial charge in [0.05, 0.1) is 40.5 Å². The van der Waals surface area contributed by atoms with Crippen LogP contribution >= 0.6 is 11.6 Å². The highest BCUT2D eigenvalue weighted by molar-refractivity contribution is 6.29. The minimum atomic E-state index is -3.32. The minimum absolute atomic E-state index is 0.562. The number of hydrogen-bond donors (Lipinski definition) is 0. The van der Waals surface area contributed by atoms with Gasteiger partial charge in [-0.25, -0.2) is 8.78 Å². The first-order valence-electron chi connectivity index (χ1n) is 4.90. The predicted molar refractivity (Wildman–Crippen MR) is 60.2 cm³/mol. The molecule has 0 fully saturated rings. The number of allylic oxidation sites excluding steroid dienone is 4. The van der Waals surface area contributed by atoms with E-state index in [4.69, 9.17) is 37.9 Å². The van der Waals surface area contributed by atoms with E-state index in [2.05, 4.69) is 0 Å². The van der Waals surface area contributed by atoms with E-state index in [-0.39, 0.29) is 0 Å². The van der Waals surface area contributed by atoms with Crippen molar-refractivity contribution in [3.63, 3.8) is 0 Å². The summed E-state index contributed by atoms with van der Waals surface area (Å²) in [7, 11) is 0. The molecule has 0 N–H and O–H groups in total. The Morgan fingerprint density at radius 2 is 1.55 bits per heavy atom. The molecule has 1 aliphatic carbocycles. The fraction of sp³-hybridized carbons (Fsp3) is 0.250. The normalized spacial score (nSPS) is 25.2. The Morgan fingerprint density at radius 3 is 1.85 bits per heavy atom. The fourth-order valence-corrected chi connectivity index (χ4v) is 2.18. The van der Waals surface area contributed by atoms with Gasteiger partial charge < -0.3 is 0 Å². The molecule has 0 heterocycles. The number of halogens is 3. The molecule has 0 saturated heterocycles. The summed E-state index contributed by atoms with van der Waals surface area (Å²) >= 11 is 5.79. The maximum absolute atomic E-state index is 13.1. The minimum Gasteiger partial charge on any atom is -0.205 e. The third-order valence-electron chi connectivity index (χ3n) is 2.72. The van der Waals surface area contributed by atoms with Crippen molar-refractivity contribution < 1.29 is 8.78 Å². The lowest BCUT2D eigenvalue weighted by Gasteiger charge is -2.31. The molecular formula is C12H2ClF2N5. The molecule has 0 spiro atoms. The average Bonchev–Trinajstić information content (AvgIpc) is 2.44. The van der Waals surface area contributed by atoms with Gasteiger partial charge in [0.2, 0.25) is 0 Å². The topological polar surface area (TPSA) is 119 Å². The van der Waals surface area contributed by atoms with E-state index >= 15 is 0 Å². The second kappa shape index (κ2) is 5.38. The molecule has 0 bridgehead atoms. The van der Waals surface area contributed by atoms with Crippen molar-refractivity contribution in [2.45, 2.75) is 11.3 Å². The van der Waals surface area contributed by atoms with Crippen LogP contribution in [0.15, 0.2) is 22.3 Å². The van der Waals surface area contributed by atoms with E-state index in [1.54, 1.807) is 0 Å². The predicted octanol–water partition coefficient (Wildman–Crippen LogP) is 2.07. The van der Waals surface area contributed by atoms with Crippen molar-refractivity contribution in [3.05, 3.63) is 22.3 Å². The molecule has 96 valence electrons. The van der Waals surface area contributed by atoms with E-state index < -0.39 is 39.5 Å². The van der Waals surface area contributed by atoms with Gasteiger partial charge in [0.25, 0.3) is 6.43 Å². The highest BCUT2D eigenvalue weighted by Crippen LogP contribution is 2.47. The first-order valence-corrected chi connectivity index (χ1v) is 5.28. The van der Waals surface area contributed by atoms with Crippen LogP contribution in [0.5, 0.6) is 0 Å². The van der Waals surface area contributed by atoms with Crippen LogP contribution in [0.4, 0.5) is 8.78 Å². The molecule has 1 rings (SSSR count). The van der Waals surface area contributed by atoms with Gasteiger partial charge in [0.1, 0.15) is 18.1 Å². The summed E-state index contributed by atoms with van der Waals surface area (Å²) in [5.74, 6) is -1.75. The summed E-state index contributed by atoms with van der Waals surface area (Å²) in [6, 6.07) is 7.11. The number of alkyl halides is 3. The van der Waals surface area contributed by atoms with Gasteiger partial charge in [-0.2, -0.15) is 26.3 Å². The Labute approximate surface area is 117 Å². The summed E-state index contributed by atoms with van der Waals surface area (Å²) in [5.41, 5.74) is -3.16. The Kier molecular flexibility index (Phi) is 4.07. The summed E-state index contributed by atoms with van der Waals surface area (Å²) in [6.45, 7) is 0. The van der Waals surface area contributed by atoms with Gasteiger partial charge in [-0.05, 0) is 0 Å². The lowest BCUT2D eigenvalue weighted by Crippen LogP contribution is -2.40. The smallest absolute Gasteiger partial charge is 0.205 e. The number of hydrogen-bond acceptors (Lipinski definition) is 5. The molecule has 0 radical (unpaired) electrons. The first kappa shape index (κ1) is 15.1. The standard InChI is InChI=1S/C12H2ClF2N5/c13-12(5-20)9(4-19)7(2-17)6(1-16)8(3-18)10(12)11(14)15/h9,11H. The van der Waals surface area contributed by atoms with Gasteiger partial charge >= 0.3 is 0 Å². The maximum Gasteiger partial charge on any atom is 0.264 e. The van der Waals surface area contributed by atoms with E-state index in [9.17, 15) is 8.78 Å². The third-order valence-corrected chi connectivity index (χ3v) is 3.23. The van der Waals surface area contributed by atoms with Crippen LogP contribution < -0.4 is 0 Å². The van der Waals surface area contributed by atoms with Crippen LogP contribution in [-0.2, 0) is 0 Å². The Hall–Kier alpha value is -2.92. The molecule has 2 unspecified atom stereocenters. The van der Waals surface area contributed by atoms with Crippen molar-refractivity contribution >= 4 is 11.6 Å². The second-order valence-corrected chi connectivity index (χ2v) is 4.20. The highest BCUT2D eigenvalue weighted by atomic mass is 35.5. The highest BCUT2D eigenvalue weighted by Gasteiger charge is 2.53. The molecular weight excluding hydrogens is 288 g/mol. The molecule has 2 atom stereocenters. The zero-order chi connectivity index (χ0) is 15.5. The summed E-state index contributed by atoms with van der Waals surface area (Å²) in [5, 5.41) is 44.8. The second-order valence-electron chi connectivity index (χ2n) is 3.60. The number of nitrogens with zero attached hydrogens (tertiary/aromatic N) is 5. The van der Waals surface area contributed by atoms with Gasteiger partial charge in [0, 0.05) is 0 Å². The number of rotatable bonds is 1. The quantitative estimate of drug-likeness (QED) is 0.684. The molecule has 0 aromatic heterocycles. The van der Waals surface area contributed by atoms with Crippen molar-refractivity contribution in [1.82, 2.24) is 0 Å². The zero-order valence-electron chi connectivity index (χ0n) is 9.52. The summed E-state index contributed by atoms with van der Waals surface area (Å²) in [6.07, 6.45) is -3.32. The van der Waals surface area contributed by atoms with Crippen LogP contribution in [0, 0.1) is 62.6 Å². The van der Waals surface area contributed by atoms with Crippen LogP contribution in [0.2, 0.25) is 0 Å². The number of nitriles is 5. The first-order chi connectivity index (χ1) is 9.42. The van der Waals surface area contributed by atoms with E-state index in [1.165, 1.54) is 30.3 Å². The maximum atomic E-state index is 13.1. The van der Waals surface area contributed by atoms with Crippen molar-refractivity contribution in [2.75, 3.05) is 0 Å². The molecule has 0 aromatic carbocycles. The van der Waals surface area contributed by atoms with Crippen LogP contribution in [0.1, 0.15) is 0 Å². The molecule has 0 aromatic rings. The Balaban J connectivity index is 3.97. The lowest BCUT2D eigenvalue weighted by atomic mass is 9.72. The molecule has 8 heteroatoms. The SMILES string of the molecule is N#CC1=C(C#N)C(C#N)C(Cl)(C#N)C(C(F)F)=C1C#N. The van der Waals surface area contributed by atoms with Crippen LogP contribution in [-0.4, -0.2) is 11.3 Å². The van der Waals surface area contributed by atoms with E-state index in [1.807, 2.05) is 0 Å². The van der Waals surface area contributed by atoms with Crippen molar-refractivity contribution in [1.29, 1.82) is 26.3 Å². The van der Waals surface area contributed by atoms with E-state index in [0.29, 0.717) is 0 Å². The average molecular weight is 290 g/mol. The van der Waals surface area contributed by atoms with Crippen molar-refractivity contribution in [2.24, 2.45) is 5.92 Å². The molecule has 1 aliphatic rings. The third kappa shape index (κ3) is 1.86. The Bertz CT molecular complexity index is 732. The summed E-state index contributed by atoms with van der Waals surface area (Å²) < 4.78 is 26.2. The largest absolute Gasteiger partial charge is 0.264 e. The molecule has 0 amide bonds. The van der Waals surface area contributed by atoms with Gasteiger partial charge in [0.15, 0.2) is 4.87 Å².